The van der Waals surface area contributed by atoms with Gasteiger partial charge in [-0.25, -0.2) is 0 Å². The zero-order valence-electron chi connectivity index (χ0n) is 13.7. The average molecular weight is 347 g/mol. The Balaban J connectivity index is 1.40. The molecule has 6 nitrogen and oxygen atoms in total. The van der Waals surface area contributed by atoms with Crippen LogP contribution in [0.15, 0.2) is 27.4 Å². The van der Waals surface area contributed by atoms with Gasteiger partial charge in [-0.15, -0.1) is 0 Å². The van der Waals surface area contributed by atoms with Gasteiger partial charge in [-0.1, -0.05) is 5.16 Å². The van der Waals surface area contributed by atoms with Crippen LogP contribution in [0.25, 0.3) is 0 Å². The van der Waals surface area contributed by atoms with E-state index in [9.17, 15) is 4.79 Å². The molecule has 1 N–H and O–H groups in total. The normalized spacial score (nSPS) is 26.6. The highest BCUT2D eigenvalue weighted by Gasteiger charge is 2.50. The van der Waals surface area contributed by atoms with E-state index in [4.69, 9.17) is 9.26 Å². The van der Waals surface area contributed by atoms with Crippen molar-refractivity contribution < 1.29 is 14.1 Å². The summed E-state index contributed by atoms with van der Waals surface area (Å²) in [6.45, 7) is 6.70. The van der Waals surface area contributed by atoms with Crippen LogP contribution in [0.4, 0.5) is 0 Å². The first-order chi connectivity index (χ1) is 11.6. The first kappa shape index (κ1) is 15.8. The number of nitrogens with one attached hydrogen (secondary N) is 1. The van der Waals surface area contributed by atoms with Gasteiger partial charge in [0.05, 0.1) is 18.9 Å². The third kappa shape index (κ3) is 2.99. The van der Waals surface area contributed by atoms with Crippen LogP contribution in [0, 0.1) is 18.3 Å². The lowest BCUT2D eigenvalue weighted by Crippen LogP contribution is -2.43. The zero-order valence-corrected chi connectivity index (χ0v) is 14.5. The van der Waals surface area contributed by atoms with Crippen molar-refractivity contribution >= 4 is 17.2 Å². The van der Waals surface area contributed by atoms with Crippen molar-refractivity contribution in [3.05, 3.63) is 39.9 Å². The molecule has 4 heterocycles. The number of hydrogen-bond donors (Lipinski definition) is 1. The number of hydrogen-bond acceptors (Lipinski definition) is 6. The summed E-state index contributed by atoms with van der Waals surface area (Å²) in [5.41, 5.74) is 1.70. The molecule has 0 radical (unpaired) electrons. The average Bonchev–Trinajstić information content (AvgIpc) is 3.29. The van der Waals surface area contributed by atoms with E-state index in [-0.39, 0.29) is 11.3 Å². The molecular formula is C17H21N3O3S. The molecule has 7 heteroatoms. The van der Waals surface area contributed by atoms with E-state index in [1.807, 2.05) is 29.8 Å². The number of carbonyl (C=O) groups is 1. The van der Waals surface area contributed by atoms with Gasteiger partial charge in [-0.3, -0.25) is 9.69 Å². The van der Waals surface area contributed by atoms with Crippen LogP contribution >= 0.6 is 11.3 Å². The summed E-state index contributed by atoms with van der Waals surface area (Å²) in [5.74, 6) is 1.29. The number of fused-ring (bicyclic) bond motifs is 1. The molecule has 0 aromatic carbocycles. The molecule has 0 saturated carbocycles. The molecule has 1 amide bonds. The predicted octanol–water partition coefficient (Wildman–Crippen LogP) is 1.92. The molecule has 2 atom stereocenters. The highest BCUT2D eigenvalue weighted by molar-refractivity contribution is 7.08. The molecule has 2 fully saturated rings. The zero-order chi connectivity index (χ0) is 16.6. The summed E-state index contributed by atoms with van der Waals surface area (Å²) < 4.78 is 10.9. The Morgan fingerprint density at radius 3 is 3.25 bits per heavy atom. The lowest BCUT2D eigenvalue weighted by atomic mass is 9.81. The molecule has 0 bridgehead atoms. The molecule has 2 aromatic heterocycles. The topological polar surface area (TPSA) is 67.6 Å². The number of rotatable bonds is 5. The monoisotopic (exact) mass is 347 g/mol. The van der Waals surface area contributed by atoms with E-state index in [1.165, 1.54) is 11.3 Å². The van der Waals surface area contributed by atoms with Crippen LogP contribution in [-0.2, 0) is 11.3 Å². The van der Waals surface area contributed by atoms with Gasteiger partial charge in [-0.05, 0) is 18.4 Å². The molecule has 2 aliphatic heterocycles. The van der Waals surface area contributed by atoms with Crippen LogP contribution in [-0.4, -0.2) is 48.8 Å². The summed E-state index contributed by atoms with van der Waals surface area (Å²) in [7, 11) is 0. The maximum absolute atomic E-state index is 12.2. The Kier molecular flexibility index (Phi) is 4.15. The maximum Gasteiger partial charge on any atom is 0.252 e. The van der Waals surface area contributed by atoms with Gasteiger partial charge in [0, 0.05) is 54.5 Å². The van der Waals surface area contributed by atoms with E-state index in [2.05, 4.69) is 15.4 Å². The van der Waals surface area contributed by atoms with Crippen molar-refractivity contribution in [1.29, 1.82) is 0 Å². The molecule has 2 saturated heterocycles. The number of aryl methyl sites for hydroxylation is 1. The van der Waals surface area contributed by atoms with Crippen molar-refractivity contribution in [2.24, 2.45) is 11.3 Å². The number of likely N-dealkylation sites (tertiary alicyclic amines) is 1. The molecule has 24 heavy (non-hydrogen) atoms. The third-order valence-corrected chi connectivity index (χ3v) is 5.72. The van der Waals surface area contributed by atoms with Gasteiger partial charge < -0.3 is 14.6 Å². The second-order valence-electron chi connectivity index (χ2n) is 6.87. The fourth-order valence-corrected chi connectivity index (χ4v) is 4.42. The minimum atomic E-state index is 0.00171. The highest BCUT2D eigenvalue weighted by Crippen LogP contribution is 2.41. The maximum atomic E-state index is 12.2. The second-order valence-corrected chi connectivity index (χ2v) is 7.65. The first-order valence-corrected chi connectivity index (χ1v) is 9.12. The van der Waals surface area contributed by atoms with Crippen LogP contribution in [0.5, 0.6) is 0 Å². The van der Waals surface area contributed by atoms with E-state index >= 15 is 0 Å². The second kappa shape index (κ2) is 6.31. The predicted molar refractivity (Wildman–Crippen MR) is 89.9 cm³/mol. The highest BCUT2D eigenvalue weighted by atomic mass is 32.1. The van der Waals surface area contributed by atoms with Crippen molar-refractivity contribution in [1.82, 2.24) is 15.4 Å². The van der Waals surface area contributed by atoms with Crippen molar-refractivity contribution in [2.75, 3.05) is 32.8 Å². The molecule has 2 aromatic rings. The minimum Gasteiger partial charge on any atom is -0.380 e. The summed E-state index contributed by atoms with van der Waals surface area (Å²) >= 11 is 1.54. The first-order valence-electron chi connectivity index (χ1n) is 8.17. The van der Waals surface area contributed by atoms with Crippen molar-refractivity contribution in [3.63, 3.8) is 0 Å². The van der Waals surface area contributed by atoms with Gasteiger partial charge in [0.25, 0.3) is 5.91 Å². The fraction of sp³-hybridized carbons (Fsp3) is 0.529. The standard InChI is InChI=1S/C17H21N3O3S/c1-12-4-15(19-23-12)6-20-5-14-7-22-11-17(14,10-20)9-18-16(21)13-2-3-24-8-13/h2-4,8,14H,5-7,9-11H2,1H3,(H,18,21)/t14-,17+/m1/s1. The number of nitrogens with zero attached hydrogens (tertiary/aromatic N) is 2. The van der Waals surface area contributed by atoms with Crippen LogP contribution in [0.2, 0.25) is 0 Å². The molecular weight excluding hydrogens is 326 g/mol. The molecule has 0 unspecified atom stereocenters. The SMILES string of the molecule is Cc1cc(CN2C[C@@H]3COC[C@]3(CNC(=O)c3ccsc3)C2)no1. The molecule has 4 rings (SSSR count). The quantitative estimate of drug-likeness (QED) is 0.895. The largest absolute Gasteiger partial charge is 0.380 e. The van der Waals surface area contributed by atoms with Crippen LogP contribution in [0.1, 0.15) is 21.8 Å². The van der Waals surface area contributed by atoms with Gasteiger partial charge >= 0.3 is 0 Å². The molecule has 0 aliphatic carbocycles. The smallest absolute Gasteiger partial charge is 0.252 e. The van der Waals surface area contributed by atoms with E-state index in [0.29, 0.717) is 19.1 Å². The number of ether oxygens (including phenoxy) is 1. The molecule has 128 valence electrons. The van der Waals surface area contributed by atoms with E-state index in [1.54, 1.807) is 0 Å². The van der Waals surface area contributed by atoms with Crippen LogP contribution < -0.4 is 5.32 Å². The molecule has 2 aliphatic rings. The van der Waals surface area contributed by atoms with E-state index in [0.717, 1.165) is 43.3 Å². The Labute approximate surface area is 144 Å². The van der Waals surface area contributed by atoms with Gasteiger partial charge in [-0.2, -0.15) is 11.3 Å². The van der Waals surface area contributed by atoms with Crippen LogP contribution in [0.3, 0.4) is 0 Å². The van der Waals surface area contributed by atoms with Gasteiger partial charge in [0.1, 0.15) is 5.76 Å². The summed E-state index contributed by atoms with van der Waals surface area (Å²) in [5, 5.41) is 11.0. The van der Waals surface area contributed by atoms with Gasteiger partial charge in [0.15, 0.2) is 0 Å². The Morgan fingerprint density at radius 1 is 1.58 bits per heavy atom. The third-order valence-electron chi connectivity index (χ3n) is 5.04. The van der Waals surface area contributed by atoms with Gasteiger partial charge in [0.2, 0.25) is 0 Å². The summed E-state index contributed by atoms with van der Waals surface area (Å²) in [6.07, 6.45) is 0. The Bertz CT molecular complexity index is 714. The number of carbonyl (C=O) groups excluding carboxylic acids is 1. The van der Waals surface area contributed by atoms with E-state index < -0.39 is 0 Å². The molecule has 0 spiro atoms. The minimum absolute atomic E-state index is 0.00171. The Hall–Kier alpha value is -1.70. The fourth-order valence-electron chi connectivity index (χ4n) is 3.79. The number of thiophene rings is 1. The number of aromatic nitrogens is 1. The lowest BCUT2D eigenvalue weighted by Gasteiger charge is -2.27. The Morgan fingerprint density at radius 2 is 2.50 bits per heavy atom. The summed E-state index contributed by atoms with van der Waals surface area (Å²) in [4.78, 5) is 14.6. The summed E-state index contributed by atoms with van der Waals surface area (Å²) in [6, 6.07) is 3.84. The lowest BCUT2D eigenvalue weighted by molar-refractivity contribution is 0.0904. The van der Waals surface area contributed by atoms with Crippen molar-refractivity contribution in [3.8, 4) is 0 Å². The van der Waals surface area contributed by atoms with Crippen molar-refractivity contribution in [2.45, 2.75) is 13.5 Å². The number of amides is 1.